The van der Waals surface area contributed by atoms with Gasteiger partial charge >= 0.3 is 0 Å². The molecule has 2 nitrogen and oxygen atoms in total. The second kappa shape index (κ2) is 5.85. The van der Waals surface area contributed by atoms with Crippen LogP contribution in [0.25, 0.3) is 0 Å². The van der Waals surface area contributed by atoms with Gasteiger partial charge < -0.3 is 11.1 Å². The quantitative estimate of drug-likeness (QED) is 0.818. The van der Waals surface area contributed by atoms with Gasteiger partial charge in [0.05, 0.1) is 0 Å². The van der Waals surface area contributed by atoms with Gasteiger partial charge in [-0.3, -0.25) is 0 Å². The van der Waals surface area contributed by atoms with Crippen LogP contribution < -0.4 is 11.1 Å². The molecule has 0 saturated heterocycles. The van der Waals surface area contributed by atoms with E-state index in [-0.39, 0.29) is 0 Å². The van der Waals surface area contributed by atoms with E-state index in [9.17, 15) is 0 Å². The largest absolute Gasteiger partial charge is 0.389 e. The van der Waals surface area contributed by atoms with Gasteiger partial charge in [0.1, 0.15) is 4.99 Å². The summed E-state index contributed by atoms with van der Waals surface area (Å²) >= 11 is 5.06. The molecule has 0 fully saturated rings. The summed E-state index contributed by atoms with van der Waals surface area (Å²) in [4.78, 5) is 0.405. The SMILES string of the molecule is CC(C)c1ccc(Nc2ccccc2C(N)=S)cc1. The van der Waals surface area contributed by atoms with Crippen molar-refractivity contribution in [1.82, 2.24) is 0 Å². The second-order valence-electron chi connectivity index (χ2n) is 4.81. The van der Waals surface area contributed by atoms with Crippen LogP contribution in [0.4, 0.5) is 11.4 Å². The Morgan fingerprint density at radius 2 is 1.68 bits per heavy atom. The molecule has 0 unspecified atom stereocenters. The number of nitrogens with two attached hydrogens (primary N) is 1. The summed E-state index contributed by atoms with van der Waals surface area (Å²) in [5, 5.41) is 3.35. The average Bonchev–Trinajstić information content (AvgIpc) is 2.39. The van der Waals surface area contributed by atoms with Gasteiger partial charge in [-0.15, -0.1) is 0 Å². The standard InChI is InChI=1S/C16H18N2S/c1-11(2)12-7-9-13(10-8-12)18-15-6-4-3-5-14(15)16(17)19/h3-11,18H,1-2H3,(H2,17,19). The van der Waals surface area contributed by atoms with Crippen LogP contribution in [-0.4, -0.2) is 4.99 Å². The first-order valence-electron chi connectivity index (χ1n) is 6.33. The van der Waals surface area contributed by atoms with Gasteiger partial charge in [-0.25, -0.2) is 0 Å². The minimum Gasteiger partial charge on any atom is -0.389 e. The molecule has 3 N–H and O–H groups in total. The maximum Gasteiger partial charge on any atom is 0.106 e. The lowest BCUT2D eigenvalue weighted by molar-refractivity contribution is 0.867. The fraction of sp³-hybridized carbons (Fsp3) is 0.188. The number of hydrogen-bond acceptors (Lipinski definition) is 2. The van der Waals surface area contributed by atoms with Crippen LogP contribution >= 0.6 is 12.2 Å². The number of para-hydroxylation sites is 1. The lowest BCUT2D eigenvalue weighted by Crippen LogP contribution is -2.11. The Kier molecular flexibility index (Phi) is 4.17. The van der Waals surface area contributed by atoms with E-state index in [4.69, 9.17) is 18.0 Å². The zero-order valence-corrected chi connectivity index (χ0v) is 12.0. The average molecular weight is 270 g/mol. The zero-order valence-electron chi connectivity index (χ0n) is 11.2. The van der Waals surface area contributed by atoms with Crippen LogP contribution in [0.5, 0.6) is 0 Å². The number of benzene rings is 2. The van der Waals surface area contributed by atoms with Gasteiger partial charge in [0, 0.05) is 16.9 Å². The van der Waals surface area contributed by atoms with Crippen LogP contribution in [0.15, 0.2) is 48.5 Å². The van der Waals surface area contributed by atoms with E-state index in [1.54, 1.807) is 0 Å². The molecule has 0 radical (unpaired) electrons. The summed E-state index contributed by atoms with van der Waals surface area (Å²) in [6.45, 7) is 4.37. The molecular formula is C16H18N2S. The molecule has 2 rings (SSSR count). The van der Waals surface area contributed by atoms with Crippen molar-refractivity contribution in [2.75, 3.05) is 5.32 Å². The molecular weight excluding hydrogens is 252 g/mol. The Bertz CT molecular complexity index is 574. The number of thiocarbonyl (C=S) groups is 1. The van der Waals surface area contributed by atoms with E-state index in [0.29, 0.717) is 10.9 Å². The van der Waals surface area contributed by atoms with Crippen LogP contribution in [0.2, 0.25) is 0 Å². The van der Waals surface area contributed by atoms with E-state index in [0.717, 1.165) is 16.9 Å². The van der Waals surface area contributed by atoms with Crippen molar-refractivity contribution in [1.29, 1.82) is 0 Å². The molecule has 0 aromatic heterocycles. The molecule has 0 aliphatic carbocycles. The first kappa shape index (κ1) is 13.6. The number of anilines is 2. The van der Waals surface area contributed by atoms with E-state index in [1.807, 2.05) is 24.3 Å². The van der Waals surface area contributed by atoms with Crippen molar-refractivity contribution in [3.05, 3.63) is 59.7 Å². The Balaban J connectivity index is 2.24. The molecule has 0 spiro atoms. The van der Waals surface area contributed by atoms with Crippen molar-refractivity contribution in [3.63, 3.8) is 0 Å². The van der Waals surface area contributed by atoms with Crippen molar-refractivity contribution in [2.45, 2.75) is 19.8 Å². The molecule has 3 heteroatoms. The highest BCUT2D eigenvalue weighted by molar-refractivity contribution is 7.80. The van der Waals surface area contributed by atoms with Crippen LogP contribution in [0.3, 0.4) is 0 Å². The van der Waals surface area contributed by atoms with Crippen LogP contribution in [-0.2, 0) is 0 Å². The molecule has 0 saturated carbocycles. The monoisotopic (exact) mass is 270 g/mol. The molecule has 2 aromatic carbocycles. The summed E-state index contributed by atoms with van der Waals surface area (Å²) < 4.78 is 0. The molecule has 0 aliphatic heterocycles. The Morgan fingerprint density at radius 3 is 2.26 bits per heavy atom. The predicted octanol–water partition coefficient (Wildman–Crippen LogP) is 4.19. The van der Waals surface area contributed by atoms with Gasteiger partial charge in [-0.1, -0.05) is 50.3 Å². The minimum absolute atomic E-state index is 0.405. The molecule has 0 heterocycles. The lowest BCUT2D eigenvalue weighted by Gasteiger charge is -2.12. The van der Waals surface area contributed by atoms with E-state index in [2.05, 4.69) is 43.4 Å². The minimum atomic E-state index is 0.405. The smallest absolute Gasteiger partial charge is 0.106 e. The maximum atomic E-state index is 5.72. The summed E-state index contributed by atoms with van der Waals surface area (Å²) in [5.41, 5.74) is 9.89. The van der Waals surface area contributed by atoms with Crippen molar-refractivity contribution in [2.24, 2.45) is 5.73 Å². The topological polar surface area (TPSA) is 38.0 Å². The number of nitrogens with one attached hydrogen (secondary N) is 1. The predicted molar refractivity (Wildman–Crippen MR) is 86.1 cm³/mol. The summed E-state index contributed by atoms with van der Waals surface area (Å²) in [7, 11) is 0. The van der Waals surface area contributed by atoms with Gasteiger partial charge in [0.2, 0.25) is 0 Å². The summed E-state index contributed by atoms with van der Waals surface area (Å²) in [5.74, 6) is 0.540. The summed E-state index contributed by atoms with van der Waals surface area (Å²) in [6, 6.07) is 16.2. The first-order valence-corrected chi connectivity index (χ1v) is 6.74. The van der Waals surface area contributed by atoms with Crippen molar-refractivity contribution in [3.8, 4) is 0 Å². The molecule has 0 aliphatic rings. The summed E-state index contributed by atoms with van der Waals surface area (Å²) in [6.07, 6.45) is 0. The van der Waals surface area contributed by atoms with Gasteiger partial charge in [0.15, 0.2) is 0 Å². The van der Waals surface area contributed by atoms with E-state index >= 15 is 0 Å². The van der Waals surface area contributed by atoms with Crippen LogP contribution in [0, 0.1) is 0 Å². The molecule has 98 valence electrons. The van der Waals surface area contributed by atoms with Gasteiger partial charge in [-0.2, -0.15) is 0 Å². The Morgan fingerprint density at radius 1 is 1.05 bits per heavy atom. The second-order valence-corrected chi connectivity index (χ2v) is 5.25. The number of rotatable bonds is 4. The molecule has 0 atom stereocenters. The highest BCUT2D eigenvalue weighted by Crippen LogP contribution is 2.23. The molecule has 0 amide bonds. The van der Waals surface area contributed by atoms with Crippen molar-refractivity contribution < 1.29 is 0 Å². The third-order valence-electron chi connectivity index (χ3n) is 3.05. The Hall–Kier alpha value is -1.87. The van der Waals surface area contributed by atoms with Gasteiger partial charge in [0.25, 0.3) is 0 Å². The zero-order chi connectivity index (χ0) is 13.8. The molecule has 0 bridgehead atoms. The first-order chi connectivity index (χ1) is 9.08. The van der Waals surface area contributed by atoms with E-state index in [1.165, 1.54) is 5.56 Å². The van der Waals surface area contributed by atoms with E-state index < -0.39 is 0 Å². The van der Waals surface area contributed by atoms with Crippen LogP contribution in [0.1, 0.15) is 30.9 Å². The normalized spacial score (nSPS) is 10.5. The number of hydrogen-bond donors (Lipinski definition) is 2. The molecule has 19 heavy (non-hydrogen) atoms. The highest BCUT2D eigenvalue weighted by Gasteiger charge is 2.05. The Labute approximate surface area is 119 Å². The van der Waals surface area contributed by atoms with Gasteiger partial charge in [-0.05, 0) is 35.7 Å². The fourth-order valence-corrected chi connectivity index (χ4v) is 2.09. The fourth-order valence-electron chi connectivity index (χ4n) is 1.91. The third kappa shape index (κ3) is 3.32. The lowest BCUT2D eigenvalue weighted by atomic mass is 10.0. The highest BCUT2D eigenvalue weighted by atomic mass is 32.1. The third-order valence-corrected chi connectivity index (χ3v) is 3.27. The van der Waals surface area contributed by atoms with Crippen molar-refractivity contribution >= 4 is 28.6 Å². The maximum absolute atomic E-state index is 5.72. The molecule has 2 aromatic rings.